The molecule has 1 atom stereocenters. The van der Waals surface area contributed by atoms with Crippen LogP contribution in [0.1, 0.15) is 53.5 Å². The number of carbonyl (C=O) groups excluding carboxylic acids is 2. The summed E-state index contributed by atoms with van der Waals surface area (Å²) in [5.74, 6) is 0.200. The molecule has 0 bridgehead atoms. The van der Waals surface area contributed by atoms with Crippen LogP contribution in [0, 0.1) is 6.92 Å². The average Bonchev–Trinajstić information content (AvgIpc) is 2.41. The molecule has 0 fully saturated rings. The van der Waals surface area contributed by atoms with Crippen LogP contribution in [0.5, 0.6) is 5.75 Å². The number of rotatable bonds is 6. The highest BCUT2D eigenvalue weighted by atomic mass is 16.6. The maximum absolute atomic E-state index is 12.2. The zero-order valence-corrected chi connectivity index (χ0v) is 17.3. The van der Waals surface area contributed by atoms with Gasteiger partial charge < -0.3 is 25.3 Å². The Morgan fingerprint density at radius 2 is 1.67 bits per heavy atom. The van der Waals surface area contributed by atoms with E-state index in [9.17, 15) is 9.59 Å². The highest BCUT2D eigenvalue weighted by Crippen LogP contribution is 2.21. The summed E-state index contributed by atoms with van der Waals surface area (Å²) in [7, 11) is 0. The first-order valence-electron chi connectivity index (χ1n) is 8.95. The van der Waals surface area contributed by atoms with Crippen molar-refractivity contribution < 1.29 is 23.8 Å². The van der Waals surface area contributed by atoms with E-state index >= 15 is 0 Å². The number of hydrogen-bond donors (Lipinski definition) is 2. The third-order valence-electron chi connectivity index (χ3n) is 3.19. The van der Waals surface area contributed by atoms with Gasteiger partial charge >= 0.3 is 12.1 Å². The van der Waals surface area contributed by atoms with Gasteiger partial charge in [-0.1, -0.05) is 0 Å². The summed E-state index contributed by atoms with van der Waals surface area (Å²) in [4.78, 5) is 24.3. The Balaban J connectivity index is 2.79. The lowest BCUT2D eigenvalue weighted by atomic mass is 10.1. The van der Waals surface area contributed by atoms with E-state index in [4.69, 9.17) is 19.9 Å². The predicted molar refractivity (Wildman–Crippen MR) is 105 cm³/mol. The van der Waals surface area contributed by atoms with Gasteiger partial charge in [0.25, 0.3) is 0 Å². The fraction of sp³-hybridized carbons (Fsp3) is 0.600. The summed E-state index contributed by atoms with van der Waals surface area (Å²) < 4.78 is 16.4. The number of nitrogens with one attached hydrogen (secondary N) is 1. The number of benzene rings is 1. The molecule has 0 aliphatic heterocycles. The molecule has 27 heavy (non-hydrogen) atoms. The van der Waals surface area contributed by atoms with E-state index < -0.39 is 29.3 Å². The zero-order chi connectivity index (χ0) is 20.8. The summed E-state index contributed by atoms with van der Waals surface area (Å²) >= 11 is 0. The third kappa shape index (κ3) is 9.72. The molecule has 0 radical (unpaired) electrons. The SMILES string of the molecule is Cc1cc(N)ccc1OC[C@@H](CC(=O)OC(C)(C)C)NC(=O)OC(C)(C)C. The Kier molecular flexibility index (Phi) is 7.51. The number of ether oxygens (including phenoxy) is 3. The van der Waals surface area contributed by atoms with Gasteiger partial charge in [-0.3, -0.25) is 4.79 Å². The van der Waals surface area contributed by atoms with Crippen LogP contribution in [-0.4, -0.2) is 35.9 Å². The number of alkyl carbamates (subject to hydrolysis) is 1. The van der Waals surface area contributed by atoms with Gasteiger partial charge in [-0.25, -0.2) is 4.79 Å². The number of carbonyl (C=O) groups is 2. The lowest BCUT2D eigenvalue weighted by molar-refractivity contribution is -0.155. The van der Waals surface area contributed by atoms with Crippen LogP contribution in [0.15, 0.2) is 18.2 Å². The third-order valence-corrected chi connectivity index (χ3v) is 3.19. The molecule has 152 valence electrons. The van der Waals surface area contributed by atoms with Crippen molar-refractivity contribution in [1.29, 1.82) is 0 Å². The molecule has 0 heterocycles. The van der Waals surface area contributed by atoms with Gasteiger partial charge in [0.1, 0.15) is 23.6 Å². The van der Waals surface area contributed by atoms with Gasteiger partial charge in [0, 0.05) is 5.69 Å². The summed E-state index contributed by atoms with van der Waals surface area (Å²) in [6, 6.07) is 4.67. The van der Waals surface area contributed by atoms with Crippen LogP contribution in [0.25, 0.3) is 0 Å². The second kappa shape index (κ2) is 8.97. The van der Waals surface area contributed by atoms with Gasteiger partial charge in [-0.2, -0.15) is 0 Å². The van der Waals surface area contributed by atoms with Crippen molar-refractivity contribution in [3.05, 3.63) is 23.8 Å². The number of nitrogens with two attached hydrogens (primary N) is 1. The van der Waals surface area contributed by atoms with Crippen LogP contribution in [0.4, 0.5) is 10.5 Å². The number of nitrogen functional groups attached to an aromatic ring is 1. The summed E-state index contributed by atoms with van der Waals surface area (Å²) in [5.41, 5.74) is 5.99. The van der Waals surface area contributed by atoms with Crippen molar-refractivity contribution in [2.75, 3.05) is 12.3 Å². The maximum Gasteiger partial charge on any atom is 0.408 e. The molecule has 7 nitrogen and oxygen atoms in total. The average molecular weight is 380 g/mol. The lowest BCUT2D eigenvalue weighted by Crippen LogP contribution is -2.44. The minimum Gasteiger partial charge on any atom is -0.491 e. The number of amides is 1. The predicted octanol–water partition coefficient (Wildman–Crippen LogP) is 3.58. The maximum atomic E-state index is 12.2. The normalized spacial score (nSPS) is 12.9. The number of aryl methyl sites for hydroxylation is 1. The second-order valence-corrected chi connectivity index (χ2v) is 8.47. The van der Waals surface area contributed by atoms with E-state index in [2.05, 4.69) is 5.32 Å². The van der Waals surface area contributed by atoms with Crippen molar-refractivity contribution in [1.82, 2.24) is 5.32 Å². The molecular weight excluding hydrogens is 348 g/mol. The standard InChI is InChI=1S/C20H32N2O5/c1-13-10-14(21)8-9-16(13)25-12-15(11-17(23)26-19(2,3)4)22-18(24)27-20(5,6)7/h8-10,15H,11-12,21H2,1-7H3,(H,22,24)/t15-/m1/s1. The monoisotopic (exact) mass is 380 g/mol. The Labute approximate surface area is 161 Å². The number of anilines is 1. The van der Waals surface area contributed by atoms with Crippen molar-refractivity contribution in [3.8, 4) is 5.75 Å². The Hall–Kier alpha value is -2.44. The number of hydrogen-bond acceptors (Lipinski definition) is 6. The van der Waals surface area contributed by atoms with Crippen molar-refractivity contribution in [3.63, 3.8) is 0 Å². The van der Waals surface area contributed by atoms with Gasteiger partial charge in [-0.15, -0.1) is 0 Å². The van der Waals surface area contributed by atoms with E-state index in [1.807, 2.05) is 6.92 Å². The topological polar surface area (TPSA) is 99.9 Å². The zero-order valence-electron chi connectivity index (χ0n) is 17.3. The Bertz CT molecular complexity index is 629. The largest absolute Gasteiger partial charge is 0.491 e. The molecule has 0 unspecified atom stereocenters. The minimum atomic E-state index is -0.644. The van der Waals surface area contributed by atoms with Crippen molar-refractivity contribution in [2.45, 2.75) is 72.1 Å². The molecule has 1 aromatic carbocycles. The van der Waals surface area contributed by atoms with Crippen LogP contribution < -0.4 is 15.8 Å². The molecule has 1 aromatic rings. The lowest BCUT2D eigenvalue weighted by Gasteiger charge is -2.25. The highest BCUT2D eigenvalue weighted by Gasteiger charge is 2.25. The molecule has 0 aromatic heterocycles. The fourth-order valence-electron chi connectivity index (χ4n) is 2.24. The van der Waals surface area contributed by atoms with Gasteiger partial charge in [0.15, 0.2) is 0 Å². The minimum absolute atomic E-state index is 0.0372. The van der Waals surface area contributed by atoms with Crippen LogP contribution in [0.2, 0.25) is 0 Å². The van der Waals surface area contributed by atoms with E-state index in [0.29, 0.717) is 11.4 Å². The second-order valence-electron chi connectivity index (χ2n) is 8.47. The van der Waals surface area contributed by atoms with Crippen LogP contribution in [-0.2, 0) is 14.3 Å². The van der Waals surface area contributed by atoms with Gasteiger partial charge in [0.2, 0.25) is 0 Å². The highest BCUT2D eigenvalue weighted by molar-refractivity contribution is 5.73. The summed E-state index contributed by atoms with van der Waals surface area (Å²) in [5, 5.41) is 2.68. The summed E-state index contributed by atoms with van der Waals surface area (Å²) in [6.07, 6.45) is -0.654. The molecule has 3 N–H and O–H groups in total. The van der Waals surface area contributed by atoms with Crippen molar-refractivity contribution in [2.24, 2.45) is 0 Å². The quantitative estimate of drug-likeness (QED) is 0.578. The smallest absolute Gasteiger partial charge is 0.408 e. The first-order valence-corrected chi connectivity index (χ1v) is 8.95. The van der Waals surface area contributed by atoms with Crippen LogP contribution >= 0.6 is 0 Å². The Morgan fingerprint density at radius 1 is 1.07 bits per heavy atom. The van der Waals surface area contributed by atoms with Gasteiger partial charge in [-0.05, 0) is 72.2 Å². The van der Waals surface area contributed by atoms with E-state index in [1.54, 1.807) is 59.7 Å². The summed E-state index contributed by atoms with van der Waals surface area (Å²) in [6.45, 7) is 12.6. The molecular formula is C20H32N2O5. The molecule has 7 heteroatoms. The Morgan fingerprint density at radius 3 is 2.19 bits per heavy atom. The molecule has 0 spiro atoms. The van der Waals surface area contributed by atoms with Crippen LogP contribution in [0.3, 0.4) is 0 Å². The molecule has 0 aliphatic carbocycles. The number of esters is 1. The molecule has 0 aliphatic rings. The first kappa shape index (κ1) is 22.6. The van der Waals surface area contributed by atoms with Gasteiger partial charge in [0.05, 0.1) is 12.5 Å². The molecule has 1 amide bonds. The first-order chi connectivity index (χ1) is 12.2. The molecule has 1 rings (SSSR count). The van der Waals surface area contributed by atoms with E-state index in [-0.39, 0.29) is 13.0 Å². The van der Waals surface area contributed by atoms with E-state index in [1.165, 1.54) is 0 Å². The molecule has 0 saturated heterocycles. The fourth-order valence-corrected chi connectivity index (χ4v) is 2.24. The van der Waals surface area contributed by atoms with E-state index in [0.717, 1.165) is 5.56 Å². The molecule has 0 saturated carbocycles. The van der Waals surface area contributed by atoms with Crippen molar-refractivity contribution >= 4 is 17.7 Å².